The molecule has 0 fully saturated rings. The maximum atomic E-state index is 3.44. The first-order valence-corrected chi connectivity index (χ1v) is 7.05. The number of thioether (sulfide) groups is 1. The summed E-state index contributed by atoms with van der Waals surface area (Å²) in [5.74, 6) is 1.19. The van der Waals surface area contributed by atoms with E-state index < -0.39 is 0 Å². The second kappa shape index (κ2) is 6.97. The summed E-state index contributed by atoms with van der Waals surface area (Å²) in [5.41, 5.74) is 2.75. The molecule has 0 spiro atoms. The summed E-state index contributed by atoms with van der Waals surface area (Å²) in [6.07, 6.45) is 1.23. The number of aryl methyl sites for hydroxylation is 2. The molecule has 1 atom stereocenters. The number of benzene rings is 1. The van der Waals surface area contributed by atoms with Crippen molar-refractivity contribution in [1.82, 2.24) is 5.32 Å². The smallest absolute Gasteiger partial charge is 0.0101 e. The lowest BCUT2D eigenvalue weighted by Crippen LogP contribution is -2.25. The highest BCUT2D eigenvalue weighted by atomic mass is 32.2. The van der Waals surface area contributed by atoms with Gasteiger partial charge in [0.15, 0.2) is 0 Å². The fourth-order valence-corrected chi connectivity index (χ4v) is 2.90. The number of hydrogen-bond donors (Lipinski definition) is 1. The zero-order valence-electron chi connectivity index (χ0n) is 10.8. The zero-order chi connectivity index (χ0) is 12.0. The Morgan fingerprint density at radius 2 is 2.06 bits per heavy atom. The molecule has 1 nitrogen and oxygen atoms in total. The highest BCUT2D eigenvalue weighted by molar-refractivity contribution is 7.99. The van der Waals surface area contributed by atoms with Crippen molar-refractivity contribution >= 4 is 11.8 Å². The van der Waals surface area contributed by atoms with E-state index in [0.29, 0.717) is 6.04 Å². The van der Waals surface area contributed by atoms with Crippen molar-refractivity contribution in [3.05, 3.63) is 29.3 Å². The molecular formula is C14H23NS. The van der Waals surface area contributed by atoms with Gasteiger partial charge in [-0.2, -0.15) is 0 Å². The zero-order valence-corrected chi connectivity index (χ0v) is 11.7. The molecule has 0 saturated heterocycles. The highest BCUT2D eigenvalue weighted by Gasteiger charge is 2.02. The molecule has 0 amide bonds. The lowest BCUT2D eigenvalue weighted by molar-refractivity contribution is 0.556. The molecule has 0 aliphatic heterocycles. The molecule has 1 aromatic rings. The molecule has 1 N–H and O–H groups in total. The van der Waals surface area contributed by atoms with Gasteiger partial charge in [-0.1, -0.05) is 24.6 Å². The van der Waals surface area contributed by atoms with E-state index in [-0.39, 0.29) is 0 Å². The summed E-state index contributed by atoms with van der Waals surface area (Å²) in [6, 6.07) is 7.33. The van der Waals surface area contributed by atoms with E-state index in [2.05, 4.69) is 51.2 Å². The summed E-state index contributed by atoms with van der Waals surface area (Å²) in [4.78, 5) is 1.43. The molecule has 0 aliphatic rings. The summed E-state index contributed by atoms with van der Waals surface area (Å²) in [7, 11) is 0. The first kappa shape index (κ1) is 13.6. The number of rotatable bonds is 6. The van der Waals surface area contributed by atoms with Crippen LogP contribution in [0.25, 0.3) is 0 Å². The second-order valence-electron chi connectivity index (χ2n) is 4.36. The van der Waals surface area contributed by atoms with E-state index in [1.807, 2.05) is 11.8 Å². The average molecular weight is 237 g/mol. The lowest BCUT2D eigenvalue weighted by Gasteiger charge is -2.12. The fourth-order valence-electron chi connectivity index (χ4n) is 1.76. The predicted octanol–water partition coefficient (Wildman–Crippen LogP) is 3.78. The molecule has 0 bridgehead atoms. The molecule has 16 heavy (non-hydrogen) atoms. The topological polar surface area (TPSA) is 12.0 Å². The van der Waals surface area contributed by atoms with E-state index in [0.717, 1.165) is 6.54 Å². The molecule has 0 radical (unpaired) electrons. The van der Waals surface area contributed by atoms with Crippen molar-refractivity contribution in [3.63, 3.8) is 0 Å². The Kier molecular flexibility index (Phi) is 5.93. The van der Waals surface area contributed by atoms with E-state index >= 15 is 0 Å². The summed E-state index contributed by atoms with van der Waals surface area (Å²) in [5, 5.41) is 3.44. The predicted molar refractivity (Wildman–Crippen MR) is 74.4 cm³/mol. The molecule has 90 valence electrons. The molecule has 0 aromatic heterocycles. The average Bonchev–Trinajstić information content (AvgIpc) is 2.22. The second-order valence-corrected chi connectivity index (χ2v) is 5.50. The fraction of sp³-hybridized carbons (Fsp3) is 0.571. The van der Waals surface area contributed by atoms with Gasteiger partial charge in [-0.15, -0.1) is 11.8 Å². The van der Waals surface area contributed by atoms with Gasteiger partial charge in [-0.25, -0.2) is 0 Å². The van der Waals surface area contributed by atoms with Gasteiger partial charge in [0.05, 0.1) is 0 Å². The molecule has 2 heteroatoms. The third kappa shape index (κ3) is 4.58. The molecule has 0 aliphatic carbocycles. The minimum Gasteiger partial charge on any atom is -0.315 e. The maximum absolute atomic E-state index is 3.44. The number of hydrogen-bond acceptors (Lipinski definition) is 2. The molecular weight excluding hydrogens is 214 g/mol. The van der Waals surface area contributed by atoms with E-state index in [9.17, 15) is 0 Å². The van der Waals surface area contributed by atoms with Gasteiger partial charge < -0.3 is 5.32 Å². The van der Waals surface area contributed by atoms with Crippen LogP contribution in [0.5, 0.6) is 0 Å². The molecule has 1 unspecified atom stereocenters. The first-order valence-electron chi connectivity index (χ1n) is 6.07. The van der Waals surface area contributed by atoms with Crippen molar-refractivity contribution in [2.75, 3.05) is 12.3 Å². The van der Waals surface area contributed by atoms with Crippen molar-refractivity contribution in [1.29, 1.82) is 0 Å². The van der Waals surface area contributed by atoms with Crippen LogP contribution in [0.15, 0.2) is 23.1 Å². The SMILES string of the molecule is CCNC(C)CCSc1ccc(C)cc1C. The van der Waals surface area contributed by atoms with Crippen LogP contribution >= 0.6 is 11.8 Å². The highest BCUT2D eigenvalue weighted by Crippen LogP contribution is 2.24. The Morgan fingerprint density at radius 3 is 2.69 bits per heavy atom. The molecule has 0 heterocycles. The quantitative estimate of drug-likeness (QED) is 0.756. The van der Waals surface area contributed by atoms with Crippen molar-refractivity contribution in [3.8, 4) is 0 Å². The van der Waals surface area contributed by atoms with Gasteiger partial charge >= 0.3 is 0 Å². The summed E-state index contributed by atoms with van der Waals surface area (Å²) >= 11 is 1.97. The van der Waals surface area contributed by atoms with Gasteiger partial charge in [0.2, 0.25) is 0 Å². The monoisotopic (exact) mass is 237 g/mol. The normalized spacial score (nSPS) is 12.8. The van der Waals surface area contributed by atoms with E-state index in [1.165, 1.54) is 28.2 Å². The Balaban J connectivity index is 2.37. The Labute approximate surface area is 104 Å². The third-order valence-electron chi connectivity index (χ3n) is 2.69. The molecule has 1 aromatic carbocycles. The van der Waals surface area contributed by atoms with E-state index in [4.69, 9.17) is 0 Å². The first-order chi connectivity index (χ1) is 7.63. The van der Waals surface area contributed by atoms with Crippen LogP contribution in [0.2, 0.25) is 0 Å². The molecule has 0 saturated carbocycles. The van der Waals surface area contributed by atoms with Crippen molar-refractivity contribution in [2.24, 2.45) is 0 Å². The molecule has 1 rings (SSSR count). The van der Waals surface area contributed by atoms with Crippen molar-refractivity contribution in [2.45, 2.75) is 45.1 Å². The Morgan fingerprint density at radius 1 is 1.31 bits per heavy atom. The third-order valence-corrected chi connectivity index (χ3v) is 3.90. The van der Waals surface area contributed by atoms with Gasteiger partial charge in [0.25, 0.3) is 0 Å². The minimum absolute atomic E-state index is 0.628. The van der Waals surface area contributed by atoms with Crippen LogP contribution in [0.3, 0.4) is 0 Å². The van der Waals surface area contributed by atoms with Crippen LogP contribution in [-0.2, 0) is 0 Å². The standard InChI is InChI=1S/C14H23NS/c1-5-15-13(4)8-9-16-14-7-6-11(2)10-12(14)3/h6-7,10,13,15H,5,8-9H2,1-4H3. The number of nitrogens with one attached hydrogen (secondary N) is 1. The van der Waals surface area contributed by atoms with E-state index in [1.54, 1.807) is 0 Å². The van der Waals surface area contributed by atoms with Crippen LogP contribution in [0, 0.1) is 13.8 Å². The van der Waals surface area contributed by atoms with Crippen LogP contribution in [-0.4, -0.2) is 18.3 Å². The lowest BCUT2D eigenvalue weighted by atomic mass is 10.2. The van der Waals surface area contributed by atoms with Crippen LogP contribution < -0.4 is 5.32 Å². The van der Waals surface area contributed by atoms with Gasteiger partial charge in [0, 0.05) is 10.9 Å². The summed E-state index contributed by atoms with van der Waals surface area (Å²) < 4.78 is 0. The van der Waals surface area contributed by atoms with Crippen LogP contribution in [0.1, 0.15) is 31.4 Å². The largest absolute Gasteiger partial charge is 0.315 e. The van der Waals surface area contributed by atoms with Crippen molar-refractivity contribution < 1.29 is 0 Å². The van der Waals surface area contributed by atoms with Gasteiger partial charge in [0.1, 0.15) is 0 Å². The van der Waals surface area contributed by atoms with Gasteiger partial charge in [-0.3, -0.25) is 0 Å². The minimum atomic E-state index is 0.628. The Hall–Kier alpha value is -0.470. The maximum Gasteiger partial charge on any atom is 0.0101 e. The Bertz CT molecular complexity index is 323. The van der Waals surface area contributed by atoms with Gasteiger partial charge in [-0.05, 0) is 51.1 Å². The van der Waals surface area contributed by atoms with Crippen LogP contribution in [0.4, 0.5) is 0 Å². The summed E-state index contributed by atoms with van der Waals surface area (Å²) in [6.45, 7) is 9.83.